The maximum atomic E-state index is 10.3. The minimum Gasteiger partial charge on any atom is -0.508 e. The van der Waals surface area contributed by atoms with Crippen LogP contribution in [0.3, 0.4) is 0 Å². The summed E-state index contributed by atoms with van der Waals surface area (Å²) in [5.41, 5.74) is 3.23. The molecule has 0 heterocycles. The van der Waals surface area contributed by atoms with Crippen molar-refractivity contribution in [3.8, 4) is 5.75 Å². The quantitative estimate of drug-likeness (QED) is 0.116. The van der Waals surface area contributed by atoms with E-state index in [2.05, 4.69) is 18.5 Å². The summed E-state index contributed by atoms with van der Waals surface area (Å²) < 4.78 is 10.4. The summed E-state index contributed by atoms with van der Waals surface area (Å²) in [7, 11) is 1.66. The Labute approximate surface area is 228 Å². The zero-order chi connectivity index (χ0) is 28.9. The predicted molar refractivity (Wildman–Crippen MR) is 156 cm³/mol. The van der Waals surface area contributed by atoms with Gasteiger partial charge >= 0.3 is 0 Å². The van der Waals surface area contributed by atoms with Crippen LogP contribution in [0.25, 0.3) is 0 Å². The Morgan fingerprint density at radius 3 is 2.39 bits per heavy atom. The number of aliphatic hydroxyl groups excluding tert-OH is 3. The molecule has 0 fully saturated rings. The molecule has 1 aromatic carbocycles. The molecule has 3 atom stereocenters. The van der Waals surface area contributed by atoms with Crippen molar-refractivity contribution < 1.29 is 29.9 Å². The molecule has 0 saturated heterocycles. The molecule has 38 heavy (non-hydrogen) atoms. The molecule has 7 heteroatoms. The van der Waals surface area contributed by atoms with E-state index in [9.17, 15) is 20.4 Å². The fourth-order valence-corrected chi connectivity index (χ4v) is 2.89. The topological polar surface area (TPSA) is 111 Å². The van der Waals surface area contributed by atoms with Crippen LogP contribution in [-0.4, -0.2) is 59.4 Å². The van der Waals surface area contributed by atoms with Crippen molar-refractivity contribution in [3.05, 3.63) is 102 Å². The molecular formula is C31H47NO6. The summed E-state index contributed by atoms with van der Waals surface area (Å²) in [5.74, 6) is 0.922. The third-order valence-electron chi connectivity index (χ3n) is 5.33. The van der Waals surface area contributed by atoms with Crippen molar-refractivity contribution in [3.63, 3.8) is 0 Å². The zero-order valence-electron chi connectivity index (χ0n) is 23.6. The van der Waals surface area contributed by atoms with Crippen molar-refractivity contribution in [2.75, 3.05) is 26.8 Å². The van der Waals surface area contributed by atoms with Crippen LogP contribution in [0.2, 0.25) is 0 Å². The number of hydrogen-bond donors (Lipinski definition) is 5. The largest absolute Gasteiger partial charge is 0.508 e. The third-order valence-corrected chi connectivity index (χ3v) is 5.33. The van der Waals surface area contributed by atoms with Gasteiger partial charge in [-0.05, 0) is 70.0 Å². The van der Waals surface area contributed by atoms with Gasteiger partial charge in [-0.25, -0.2) is 0 Å². The van der Waals surface area contributed by atoms with Crippen LogP contribution >= 0.6 is 0 Å². The van der Waals surface area contributed by atoms with Crippen molar-refractivity contribution in [2.24, 2.45) is 0 Å². The number of methoxy groups -OCH3 is 1. The lowest BCUT2D eigenvalue weighted by atomic mass is 10.1. The number of nitrogens with one attached hydrogen (secondary N) is 1. The summed E-state index contributed by atoms with van der Waals surface area (Å²) in [6.07, 6.45) is 12.6. The SMILES string of the molecule is C=C/C(C)=C\C=C(/C)OC.C=C/C=C(\C=C/C(C)OCC(C)O)CCNCC(O)c1ccc(O)c(CO)c1. The van der Waals surface area contributed by atoms with E-state index in [0.29, 0.717) is 30.8 Å². The molecule has 7 nitrogen and oxygen atoms in total. The monoisotopic (exact) mass is 529 g/mol. The first kappa shape index (κ1) is 35.1. The van der Waals surface area contributed by atoms with Gasteiger partial charge in [-0.1, -0.05) is 61.3 Å². The second-order valence-corrected chi connectivity index (χ2v) is 8.84. The summed E-state index contributed by atoms with van der Waals surface area (Å²) in [4.78, 5) is 0. The van der Waals surface area contributed by atoms with Gasteiger partial charge in [0.25, 0.3) is 0 Å². The van der Waals surface area contributed by atoms with E-state index < -0.39 is 12.2 Å². The number of hydrogen-bond acceptors (Lipinski definition) is 7. The number of allylic oxidation sites excluding steroid dienone is 8. The molecule has 3 unspecified atom stereocenters. The van der Waals surface area contributed by atoms with E-state index in [0.717, 1.165) is 23.3 Å². The number of rotatable bonds is 16. The average Bonchev–Trinajstić information content (AvgIpc) is 2.91. The fourth-order valence-electron chi connectivity index (χ4n) is 2.89. The Kier molecular flexibility index (Phi) is 19.4. The molecule has 5 N–H and O–H groups in total. The standard InChI is InChI=1S/C22H33NO5.C9H14O/c1-4-5-18(7-6-17(3)28-15-16(2)25)10-11-23-13-22(27)19-8-9-21(26)20(12-19)14-24;1-5-8(2)6-7-9(3)10-4/h4-9,12,16-17,22-27H,1,10-11,13-15H2,2-3H3;5-7H,1H2,2-4H3/b7-6-,18-5+;8-6-,9-7+. The van der Waals surface area contributed by atoms with E-state index in [4.69, 9.17) is 9.47 Å². The van der Waals surface area contributed by atoms with Crippen LogP contribution in [-0.2, 0) is 16.1 Å². The predicted octanol–water partition coefficient (Wildman–Crippen LogP) is 5.02. The van der Waals surface area contributed by atoms with E-state index in [1.54, 1.807) is 38.3 Å². The van der Waals surface area contributed by atoms with Crippen molar-refractivity contribution >= 4 is 0 Å². The average molecular weight is 530 g/mol. The van der Waals surface area contributed by atoms with E-state index in [-0.39, 0.29) is 18.5 Å². The summed E-state index contributed by atoms with van der Waals surface area (Å²) >= 11 is 0. The molecule has 0 bridgehead atoms. The summed E-state index contributed by atoms with van der Waals surface area (Å²) in [6, 6.07) is 4.71. The van der Waals surface area contributed by atoms with Crippen LogP contribution < -0.4 is 5.32 Å². The lowest BCUT2D eigenvalue weighted by Crippen LogP contribution is -2.23. The highest BCUT2D eigenvalue weighted by atomic mass is 16.5. The number of aliphatic hydroxyl groups is 3. The van der Waals surface area contributed by atoms with Gasteiger partial charge in [0.05, 0.1) is 44.4 Å². The van der Waals surface area contributed by atoms with E-state index in [1.165, 1.54) is 6.07 Å². The molecule has 1 rings (SSSR count). The molecule has 0 saturated carbocycles. The minimum atomic E-state index is -0.734. The van der Waals surface area contributed by atoms with Crippen LogP contribution in [0.4, 0.5) is 0 Å². The molecule has 0 radical (unpaired) electrons. The summed E-state index contributed by atoms with van der Waals surface area (Å²) in [5, 5.41) is 41.5. The van der Waals surface area contributed by atoms with Gasteiger partial charge in [0.15, 0.2) is 0 Å². The Hall–Kier alpha value is -2.94. The van der Waals surface area contributed by atoms with Crippen LogP contribution in [0.15, 0.2) is 90.8 Å². The smallest absolute Gasteiger partial charge is 0.121 e. The second-order valence-electron chi connectivity index (χ2n) is 8.84. The first-order chi connectivity index (χ1) is 18.1. The number of phenols is 1. The maximum absolute atomic E-state index is 10.3. The minimum absolute atomic E-state index is 0.0176. The van der Waals surface area contributed by atoms with Crippen molar-refractivity contribution in [2.45, 2.75) is 59.0 Å². The van der Waals surface area contributed by atoms with Gasteiger partial charge in [-0.3, -0.25) is 0 Å². The molecular weight excluding hydrogens is 482 g/mol. The van der Waals surface area contributed by atoms with Crippen molar-refractivity contribution in [1.82, 2.24) is 5.32 Å². The zero-order valence-corrected chi connectivity index (χ0v) is 23.6. The first-order valence-corrected chi connectivity index (χ1v) is 12.7. The number of aromatic hydroxyl groups is 1. The Bertz CT molecular complexity index is 946. The fraction of sp³-hybridized carbons (Fsp3) is 0.419. The van der Waals surface area contributed by atoms with Crippen LogP contribution in [0.1, 0.15) is 51.3 Å². The second kappa shape index (κ2) is 21.0. The maximum Gasteiger partial charge on any atom is 0.121 e. The number of benzene rings is 1. The Morgan fingerprint density at radius 1 is 1.11 bits per heavy atom. The third kappa shape index (κ3) is 16.7. The molecule has 0 aliphatic carbocycles. The lowest BCUT2D eigenvalue weighted by Gasteiger charge is -2.14. The van der Waals surface area contributed by atoms with E-state index in [1.807, 2.05) is 51.2 Å². The molecule has 0 aliphatic rings. The van der Waals surface area contributed by atoms with Crippen LogP contribution in [0, 0.1) is 0 Å². The van der Waals surface area contributed by atoms with Crippen molar-refractivity contribution in [1.29, 1.82) is 0 Å². The highest BCUT2D eigenvalue weighted by molar-refractivity contribution is 5.36. The Morgan fingerprint density at radius 2 is 1.82 bits per heavy atom. The summed E-state index contributed by atoms with van der Waals surface area (Å²) in [6.45, 7) is 15.9. The van der Waals surface area contributed by atoms with Crippen LogP contribution in [0.5, 0.6) is 5.75 Å². The van der Waals surface area contributed by atoms with Gasteiger partial charge in [0, 0.05) is 12.1 Å². The van der Waals surface area contributed by atoms with Gasteiger partial charge < -0.3 is 35.2 Å². The lowest BCUT2D eigenvalue weighted by molar-refractivity contribution is 0.0246. The molecule has 1 aromatic rings. The first-order valence-electron chi connectivity index (χ1n) is 12.7. The normalized spacial score (nSPS) is 14.9. The Balaban J connectivity index is 0.00000115. The molecule has 0 amide bonds. The van der Waals surface area contributed by atoms with Gasteiger partial charge in [0.1, 0.15) is 5.75 Å². The van der Waals surface area contributed by atoms with Gasteiger partial charge in [-0.15, -0.1) is 0 Å². The molecule has 0 aromatic heterocycles. The number of ether oxygens (including phenoxy) is 2. The molecule has 212 valence electrons. The van der Waals surface area contributed by atoms with Gasteiger partial charge in [-0.2, -0.15) is 0 Å². The highest BCUT2D eigenvalue weighted by Gasteiger charge is 2.10. The molecule has 0 aliphatic heterocycles. The van der Waals surface area contributed by atoms with E-state index >= 15 is 0 Å². The van der Waals surface area contributed by atoms with Gasteiger partial charge in [0.2, 0.25) is 0 Å². The molecule has 0 spiro atoms. The highest BCUT2D eigenvalue weighted by Crippen LogP contribution is 2.22.